The molecule has 0 unspecified atom stereocenters. The summed E-state index contributed by atoms with van der Waals surface area (Å²) in [4.78, 5) is 2.90. The van der Waals surface area contributed by atoms with Gasteiger partial charge >= 0.3 is 0 Å². The summed E-state index contributed by atoms with van der Waals surface area (Å²) in [6.45, 7) is 7.18. The molecule has 2 heteroatoms. The standard InChI is InChI=1S/C17H22S2/c1-17(2,3)13-10-8-12(9-11-13)16-18-14-6-4-5-7-15(14)19-16/h4-7,13H,8-11H2,1-3H3. The molecule has 1 aliphatic carbocycles. The number of hydrogen-bond acceptors (Lipinski definition) is 2. The molecule has 0 spiro atoms. The summed E-state index contributed by atoms with van der Waals surface area (Å²) in [5, 5.41) is 0. The number of hydrogen-bond donors (Lipinski definition) is 0. The van der Waals surface area contributed by atoms with Gasteiger partial charge in [-0.05, 0) is 54.7 Å². The summed E-state index contributed by atoms with van der Waals surface area (Å²) >= 11 is 3.99. The Bertz CT molecular complexity index is 471. The maximum Gasteiger partial charge on any atom is 0.0491 e. The van der Waals surface area contributed by atoms with Crippen molar-refractivity contribution in [2.75, 3.05) is 0 Å². The first-order valence-electron chi connectivity index (χ1n) is 7.21. The highest BCUT2D eigenvalue weighted by Gasteiger charge is 2.30. The summed E-state index contributed by atoms with van der Waals surface area (Å²) < 4.78 is 1.58. The van der Waals surface area contributed by atoms with Crippen LogP contribution in [-0.4, -0.2) is 0 Å². The molecule has 19 heavy (non-hydrogen) atoms. The molecule has 0 atom stereocenters. The van der Waals surface area contributed by atoms with E-state index in [1.807, 2.05) is 23.5 Å². The van der Waals surface area contributed by atoms with Gasteiger partial charge in [0.25, 0.3) is 0 Å². The van der Waals surface area contributed by atoms with Crippen LogP contribution in [0.5, 0.6) is 0 Å². The van der Waals surface area contributed by atoms with E-state index in [2.05, 4.69) is 45.0 Å². The van der Waals surface area contributed by atoms with E-state index in [1.54, 1.807) is 9.81 Å². The lowest BCUT2D eigenvalue weighted by Gasteiger charge is -2.35. The smallest absolute Gasteiger partial charge is 0.0491 e. The fourth-order valence-electron chi connectivity index (χ4n) is 3.02. The van der Waals surface area contributed by atoms with Crippen molar-refractivity contribution in [2.24, 2.45) is 11.3 Å². The molecule has 3 rings (SSSR count). The fourth-order valence-corrected chi connectivity index (χ4v) is 5.70. The SMILES string of the molecule is CC(C)(C)C1CCC(=C2Sc3ccccc3S2)CC1. The number of fused-ring (bicyclic) bond motifs is 1. The maximum absolute atomic E-state index is 2.39. The van der Waals surface area contributed by atoms with E-state index in [0.717, 1.165) is 5.92 Å². The van der Waals surface area contributed by atoms with Crippen LogP contribution in [0.3, 0.4) is 0 Å². The van der Waals surface area contributed by atoms with E-state index >= 15 is 0 Å². The molecule has 1 fully saturated rings. The van der Waals surface area contributed by atoms with Gasteiger partial charge in [0.1, 0.15) is 0 Å². The molecule has 0 bridgehead atoms. The fraction of sp³-hybridized carbons (Fsp3) is 0.529. The first-order valence-corrected chi connectivity index (χ1v) is 8.84. The average Bonchev–Trinajstić information content (AvgIpc) is 2.81. The lowest BCUT2D eigenvalue weighted by molar-refractivity contribution is 0.197. The van der Waals surface area contributed by atoms with E-state index in [9.17, 15) is 0 Å². The summed E-state index contributed by atoms with van der Waals surface area (Å²) in [5.74, 6) is 0.899. The van der Waals surface area contributed by atoms with Crippen LogP contribution < -0.4 is 0 Å². The van der Waals surface area contributed by atoms with Crippen LogP contribution in [0.1, 0.15) is 46.5 Å². The lowest BCUT2D eigenvalue weighted by atomic mass is 9.71. The van der Waals surface area contributed by atoms with Crippen molar-refractivity contribution in [1.82, 2.24) is 0 Å². The van der Waals surface area contributed by atoms with Gasteiger partial charge in [-0.25, -0.2) is 0 Å². The molecule has 1 heterocycles. The van der Waals surface area contributed by atoms with Gasteiger partial charge in [-0.1, -0.05) is 56.4 Å². The summed E-state index contributed by atoms with van der Waals surface area (Å²) in [5.41, 5.74) is 2.20. The molecule has 0 aromatic heterocycles. The predicted molar refractivity (Wildman–Crippen MR) is 86.6 cm³/mol. The van der Waals surface area contributed by atoms with Crippen LogP contribution in [-0.2, 0) is 0 Å². The third kappa shape index (κ3) is 2.90. The van der Waals surface area contributed by atoms with E-state index in [4.69, 9.17) is 0 Å². The number of benzene rings is 1. The lowest BCUT2D eigenvalue weighted by Crippen LogP contribution is -2.23. The zero-order valence-electron chi connectivity index (χ0n) is 12.0. The molecule has 2 aliphatic rings. The molecule has 1 aromatic rings. The topological polar surface area (TPSA) is 0 Å². The van der Waals surface area contributed by atoms with Crippen LogP contribution in [0, 0.1) is 11.3 Å². The van der Waals surface area contributed by atoms with Crippen molar-refractivity contribution in [3.63, 3.8) is 0 Å². The minimum absolute atomic E-state index is 0.481. The van der Waals surface area contributed by atoms with Crippen LogP contribution in [0.4, 0.5) is 0 Å². The quantitative estimate of drug-likeness (QED) is 0.547. The minimum Gasteiger partial charge on any atom is -0.0816 e. The van der Waals surface area contributed by atoms with Crippen molar-refractivity contribution in [1.29, 1.82) is 0 Å². The molecule has 1 aromatic carbocycles. The largest absolute Gasteiger partial charge is 0.0816 e. The molecule has 0 radical (unpaired) electrons. The van der Waals surface area contributed by atoms with Crippen molar-refractivity contribution in [2.45, 2.75) is 56.2 Å². The van der Waals surface area contributed by atoms with Gasteiger partial charge in [0.05, 0.1) is 0 Å². The molecule has 0 saturated heterocycles. The molecular formula is C17H22S2. The van der Waals surface area contributed by atoms with Crippen molar-refractivity contribution >= 4 is 23.5 Å². The molecular weight excluding hydrogens is 268 g/mol. The number of rotatable bonds is 0. The van der Waals surface area contributed by atoms with Crippen LogP contribution >= 0.6 is 23.5 Å². The van der Waals surface area contributed by atoms with Crippen LogP contribution in [0.2, 0.25) is 0 Å². The van der Waals surface area contributed by atoms with E-state index < -0.39 is 0 Å². The summed E-state index contributed by atoms with van der Waals surface area (Å²) in [7, 11) is 0. The third-order valence-electron chi connectivity index (χ3n) is 4.36. The first-order chi connectivity index (χ1) is 9.04. The van der Waals surface area contributed by atoms with Gasteiger partial charge in [0, 0.05) is 14.0 Å². The highest BCUT2D eigenvalue weighted by molar-refractivity contribution is 8.24. The highest BCUT2D eigenvalue weighted by atomic mass is 32.2. The Hall–Kier alpha value is -0.340. The first kappa shape index (κ1) is 13.6. The third-order valence-corrected chi connectivity index (χ3v) is 7.09. The normalized spacial score (nSPS) is 23.6. The zero-order valence-corrected chi connectivity index (χ0v) is 13.7. The van der Waals surface area contributed by atoms with Gasteiger partial charge in [-0.15, -0.1) is 0 Å². The minimum atomic E-state index is 0.481. The Morgan fingerprint density at radius 2 is 1.47 bits per heavy atom. The molecule has 1 aliphatic heterocycles. The van der Waals surface area contributed by atoms with Crippen LogP contribution in [0.15, 0.2) is 43.9 Å². The number of allylic oxidation sites excluding steroid dienone is 1. The predicted octanol–water partition coefficient (Wildman–Crippen LogP) is 6.33. The molecule has 0 amide bonds. The van der Waals surface area contributed by atoms with Gasteiger partial charge in [0.15, 0.2) is 0 Å². The van der Waals surface area contributed by atoms with Gasteiger partial charge in [-0.2, -0.15) is 0 Å². The summed E-state index contributed by atoms with van der Waals surface area (Å²) in [6.07, 6.45) is 5.37. The zero-order chi connectivity index (χ0) is 13.5. The van der Waals surface area contributed by atoms with Crippen LogP contribution in [0.25, 0.3) is 0 Å². The van der Waals surface area contributed by atoms with Gasteiger partial charge in [0.2, 0.25) is 0 Å². The highest BCUT2D eigenvalue weighted by Crippen LogP contribution is 2.54. The van der Waals surface area contributed by atoms with Crippen molar-refractivity contribution in [3.8, 4) is 0 Å². The second-order valence-electron chi connectivity index (χ2n) is 6.68. The molecule has 0 nitrogen and oxygen atoms in total. The molecule has 102 valence electrons. The average molecular weight is 290 g/mol. The monoisotopic (exact) mass is 290 g/mol. The van der Waals surface area contributed by atoms with Gasteiger partial charge < -0.3 is 0 Å². The Labute approximate surface area is 125 Å². The Balaban J connectivity index is 1.72. The van der Waals surface area contributed by atoms with E-state index in [1.165, 1.54) is 35.5 Å². The van der Waals surface area contributed by atoms with E-state index in [0.29, 0.717) is 5.41 Å². The Kier molecular flexibility index (Phi) is 3.74. The summed E-state index contributed by atoms with van der Waals surface area (Å²) in [6, 6.07) is 8.80. The van der Waals surface area contributed by atoms with Crippen molar-refractivity contribution in [3.05, 3.63) is 34.1 Å². The van der Waals surface area contributed by atoms with Crippen molar-refractivity contribution < 1.29 is 0 Å². The second kappa shape index (κ2) is 5.21. The number of thioether (sulfide) groups is 2. The van der Waals surface area contributed by atoms with E-state index in [-0.39, 0.29) is 0 Å². The Morgan fingerprint density at radius 1 is 0.947 bits per heavy atom. The van der Waals surface area contributed by atoms with Gasteiger partial charge in [-0.3, -0.25) is 0 Å². The maximum atomic E-state index is 2.39. The second-order valence-corrected chi connectivity index (χ2v) is 9.04. The molecule has 1 saturated carbocycles. The molecule has 0 N–H and O–H groups in total. The Morgan fingerprint density at radius 3 is 1.95 bits per heavy atom.